The zero-order valence-electron chi connectivity index (χ0n) is 18.9. The van der Waals surface area contributed by atoms with Crippen molar-refractivity contribution in [3.63, 3.8) is 0 Å². The second-order valence-electron chi connectivity index (χ2n) is 8.45. The Morgan fingerprint density at radius 1 is 1.21 bits per heavy atom. The quantitative estimate of drug-likeness (QED) is 0.474. The number of para-hydroxylation sites is 1. The molecule has 1 fully saturated rings. The minimum atomic E-state index is -3.06. The van der Waals surface area contributed by atoms with Crippen molar-refractivity contribution in [3.05, 3.63) is 54.4 Å². The smallest absolute Gasteiger partial charge is 0.233 e. The van der Waals surface area contributed by atoms with Crippen LogP contribution < -0.4 is 0 Å². The molecule has 1 aromatic carbocycles. The van der Waals surface area contributed by atoms with E-state index in [1.807, 2.05) is 34.9 Å². The van der Waals surface area contributed by atoms with E-state index >= 15 is 0 Å². The van der Waals surface area contributed by atoms with E-state index in [0.717, 1.165) is 16.8 Å². The van der Waals surface area contributed by atoms with Crippen LogP contribution in [-0.2, 0) is 14.6 Å². The summed E-state index contributed by atoms with van der Waals surface area (Å²) in [4.78, 5) is 18.6. The Morgan fingerprint density at radius 3 is 2.67 bits per heavy atom. The summed E-state index contributed by atoms with van der Waals surface area (Å²) in [6, 6.07) is 11.6. The normalized spacial score (nSPS) is 17.4. The molecule has 1 saturated heterocycles. The molecule has 0 bridgehead atoms. The van der Waals surface area contributed by atoms with Crippen molar-refractivity contribution < 1.29 is 13.2 Å². The van der Waals surface area contributed by atoms with E-state index in [-0.39, 0.29) is 35.1 Å². The number of sulfone groups is 1. The fourth-order valence-corrected chi connectivity index (χ4v) is 6.60. The van der Waals surface area contributed by atoms with Crippen LogP contribution in [-0.4, -0.2) is 69.3 Å². The number of amides is 1. The van der Waals surface area contributed by atoms with Gasteiger partial charge in [-0.15, -0.1) is 10.2 Å². The molecule has 0 aliphatic carbocycles. The fourth-order valence-electron chi connectivity index (χ4n) is 3.95. The highest BCUT2D eigenvalue weighted by molar-refractivity contribution is 7.99. The SMILES string of the molecule is CC(C)c1ccccc1-n1c(SCC(=O)N(C)C2CCS(=O)(=O)C2)nnc1-c1cccnc1. The van der Waals surface area contributed by atoms with Crippen molar-refractivity contribution in [2.75, 3.05) is 24.3 Å². The molecule has 4 rings (SSSR count). The number of rotatable bonds is 7. The highest BCUT2D eigenvalue weighted by atomic mass is 32.2. The molecule has 1 amide bonds. The lowest BCUT2D eigenvalue weighted by Crippen LogP contribution is -2.38. The molecule has 1 unspecified atom stereocenters. The minimum absolute atomic E-state index is 0.0308. The Morgan fingerprint density at radius 2 is 2.00 bits per heavy atom. The highest BCUT2D eigenvalue weighted by Gasteiger charge is 2.33. The van der Waals surface area contributed by atoms with Gasteiger partial charge in [-0.05, 0) is 36.1 Å². The molecule has 33 heavy (non-hydrogen) atoms. The highest BCUT2D eigenvalue weighted by Crippen LogP contribution is 2.32. The molecule has 1 aliphatic heterocycles. The third kappa shape index (κ3) is 5.11. The molecule has 0 spiro atoms. The predicted molar refractivity (Wildman–Crippen MR) is 129 cm³/mol. The lowest BCUT2D eigenvalue weighted by atomic mass is 10.0. The Balaban J connectivity index is 1.64. The van der Waals surface area contributed by atoms with Crippen LogP contribution in [0.2, 0.25) is 0 Å². The van der Waals surface area contributed by atoms with Crippen molar-refractivity contribution >= 4 is 27.5 Å². The number of thioether (sulfide) groups is 1. The van der Waals surface area contributed by atoms with Gasteiger partial charge in [0.15, 0.2) is 20.8 Å². The van der Waals surface area contributed by atoms with Gasteiger partial charge in [0.05, 0.1) is 22.9 Å². The molecule has 174 valence electrons. The summed E-state index contributed by atoms with van der Waals surface area (Å²) in [5, 5.41) is 9.43. The maximum absolute atomic E-state index is 12.9. The van der Waals surface area contributed by atoms with Gasteiger partial charge in [-0.3, -0.25) is 14.3 Å². The Hall–Kier alpha value is -2.72. The van der Waals surface area contributed by atoms with E-state index in [1.54, 1.807) is 24.3 Å². The maximum Gasteiger partial charge on any atom is 0.233 e. The molecule has 8 nitrogen and oxygen atoms in total. The summed E-state index contributed by atoms with van der Waals surface area (Å²) in [6.45, 7) is 4.27. The number of hydrogen-bond acceptors (Lipinski definition) is 7. The fraction of sp³-hybridized carbons (Fsp3) is 0.391. The maximum atomic E-state index is 12.9. The second kappa shape index (κ2) is 9.64. The first kappa shape index (κ1) is 23.4. The zero-order chi connectivity index (χ0) is 23.6. The van der Waals surface area contributed by atoms with Gasteiger partial charge in [0.2, 0.25) is 5.91 Å². The van der Waals surface area contributed by atoms with Crippen LogP contribution in [0.3, 0.4) is 0 Å². The van der Waals surface area contributed by atoms with Crippen molar-refractivity contribution in [2.45, 2.75) is 37.4 Å². The van der Waals surface area contributed by atoms with Gasteiger partial charge in [0.1, 0.15) is 0 Å². The van der Waals surface area contributed by atoms with Crippen molar-refractivity contribution in [1.29, 1.82) is 0 Å². The van der Waals surface area contributed by atoms with Gasteiger partial charge in [0.25, 0.3) is 0 Å². The van der Waals surface area contributed by atoms with Crippen LogP contribution >= 0.6 is 11.8 Å². The van der Waals surface area contributed by atoms with E-state index in [2.05, 4.69) is 35.1 Å². The monoisotopic (exact) mass is 485 g/mol. The lowest BCUT2D eigenvalue weighted by molar-refractivity contribution is -0.128. The van der Waals surface area contributed by atoms with E-state index in [1.165, 1.54) is 11.8 Å². The van der Waals surface area contributed by atoms with E-state index < -0.39 is 9.84 Å². The molecule has 0 N–H and O–H groups in total. The second-order valence-corrected chi connectivity index (χ2v) is 11.6. The largest absolute Gasteiger partial charge is 0.341 e. The van der Waals surface area contributed by atoms with Gasteiger partial charge in [-0.25, -0.2) is 8.42 Å². The number of nitrogens with zero attached hydrogens (tertiary/aromatic N) is 5. The Kier molecular flexibility index (Phi) is 6.85. The van der Waals surface area contributed by atoms with Crippen molar-refractivity contribution in [1.82, 2.24) is 24.6 Å². The van der Waals surface area contributed by atoms with Gasteiger partial charge >= 0.3 is 0 Å². The number of carbonyl (C=O) groups excluding carboxylic acids is 1. The number of aromatic nitrogens is 4. The predicted octanol–water partition coefficient (Wildman–Crippen LogP) is 3.19. The van der Waals surface area contributed by atoms with E-state index in [9.17, 15) is 13.2 Å². The van der Waals surface area contributed by atoms with Gasteiger partial charge in [-0.2, -0.15) is 0 Å². The minimum Gasteiger partial charge on any atom is -0.341 e. The molecule has 1 atom stereocenters. The number of carbonyl (C=O) groups is 1. The first-order chi connectivity index (χ1) is 15.8. The number of pyridine rings is 1. The summed E-state index contributed by atoms with van der Waals surface area (Å²) in [5.74, 6) is 1.11. The number of benzene rings is 1. The molecule has 3 aromatic rings. The van der Waals surface area contributed by atoms with Crippen LogP contribution in [0.25, 0.3) is 17.1 Å². The van der Waals surface area contributed by atoms with E-state index in [4.69, 9.17) is 0 Å². The van der Waals surface area contributed by atoms with Gasteiger partial charge < -0.3 is 4.90 Å². The number of hydrogen-bond donors (Lipinski definition) is 0. The van der Waals surface area contributed by atoms with Crippen LogP contribution in [0.4, 0.5) is 0 Å². The topological polar surface area (TPSA) is 98.1 Å². The average Bonchev–Trinajstić information content (AvgIpc) is 3.40. The molecular formula is C23H27N5O3S2. The lowest BCUT2D eigenvalue weighted by Gasteiger charge is -2.23. The third-order valence-electron chi connectivity index (χ3n) is 5.83. The van der Waals surface area contributed by atoms with Crippen LogP contribution in [0, 0.1) is 0 Å². The van der Waals surface area contributed by atoms with Crippen molar-refractivity contribution in [3.8, 4) is 17.1 Å². The first-order valence-corrected chi connectivity index (χ1v) is 13.6. The molecule has 2 aromatic heterocycles. The summed E-state index contributed by atoms with van der Waals surface area (Å²) in [7, 11) is -1.38. The molecule has 10 heteroatoms. The molecule has 3 heterocycles. The van der Waals surface area contributed by atoms with Crippen LogP contribution in [0.1, 0.15) is 31.7 Å². The van der Waals surface area contributed by atoms with Gasteiger partial charge in [-0.1, -0.05) is 43.8 Å². The summed E-state index contributed by atoms with van der Waals surface area (Å²) in [6.07, 6.45) is 3.93. The molecule has 1 aliphatic rings. The molecule has 0 saturated carbocycles. The summed E-state index contributed by atoms with van der Waals surface area (Å²) < 4.78 is 25.6. The molecular weight excluding hydrogens is 458 g/mol. The standard InChI is InChI=1S/C23H27N5O3S2/c1-16(2)19-8-4-5-9-20(19)28-22(17-7-6-11-24-13-17)25-26-23(28)32-14-21(29)27(3)18-10-12-33(30,31)15-18/h4-9,11,13,16,18H,10,12,14-15H2,1-3H3. The van der Waals surface area contributed by atoms with E-state index in [0.29, 0.717) is 17.4 Å². The third-order valence-corrected chi connectivity index (χ3v) is 8.49. The first-order valence-electron chi connectivity index (χ1n) is 10.8. The Bertz CT molecular complexity index is 1240. The average molecular weight is 486 g/mol. The van der Waals surface area contributed by atoms with Crippen LogP contribution in [0.15, 0.2) is 53.9 Å². The molecule has 0 radical (unpaired) electrons. The zero-order valence-corrected chi connectivity index (χ0v) is 20.5. The Labute approximate surface area is 198 Å². The van der Waals surface area contributed by atoms with Crippen LogP contribution in [0.5, 0.6) is 0 Å². The summed E-state index contributed by atoms with van der Waals surface area (Å²) >= 11 is 1.30. The van der Waals surface area contributed by atoms with Gasteiger partial charge in [0, 0.05) is 31.0 Å². The summed E-state index contributed by atoms with van der Waals surface area (Å²) in [5.41, 5.74) is 2.93. The van der Waals surface area contributed by atoms with Crippen molar-refractivity contribution in [2.24, 2.45) is 0 Å².